The Kier molecular flexibility index (Phi) is 3.88. The number of aromatic amines is 1. The summed E-state index contributed by atoms with van der Waals surface area (Å²) in [5.41, 5.74) is 0.866. The molecule has 3 heterocycles. The number of carbonyl (C=O) groups excluding carboxylic acids is 1. The molecule has 1 amide bonds. The Labute approximate surface area is 140 Å². The molecular formula is C17H23N5O2. The minimum atomic E-state index is -0.0591. The second-order valence-corrected chi connectivity index (χ2v) is 6.97. The molecule has 1 aliphatic carbocycles. The first-order valence-electron chi connectivity index (χ1n) is 8.57. The molecule has 0 spiro atoms. The molecule has 128 valence electrons. The third kappa shape index (κ3) is 2.53. The molecule has 1 aliphatic heterocycles. The summed E-state index contributed by atoms with van der Waals surface area (Å²) < 4.78 is 0. The van der Waals surface area contributed by atoms with E-state index in [2.05, 4.69) is 26.9 Å². The lowest BCUT2D eigenvalue weighted by molar-refractivity contribution is -0.131. The number of nitrogens with zero attached hydrogens (tertiary/aromatic N) is 4. The first-order chi connectivity index (χ1) is 11.7. The number of aliphatic hydroxyl groups is 1. The molecule has 2 aromatic heterocycles. The number of amides is 1. The highest BCUT2D eigenvalue weighted by Crippen LogP contribution is 2.41. The average Bonchev–Trinajstić information content (AvgIpc) is 3.27. The third-order valence-electron chi connectivity index (χ3n) is 5.62. The fraction of sp³-hybridized carbons (Fsp3) is 0.588. The zero-order chi connectivity index (χ0) is 16.7. The lowest BCUT2D eigenvalue weighted by Crippen LogP contribution is -2.34. The monoisotopic (exact) mass is 329 g/mol. The van der Waals surface area contributed by atoms with Crippen molar-refractivity contribution in [2.45, 2.75) is 25.3 Å². The molecule has 1 saturated carbocycles. The second kappa shape index (κ2) is 6.05. The quantitative estimate of drug-likeness (QED) is 0.874. The zero-order valence-electron chi connectivity index (χ0n) is 13.9. The first kappa shape index (κ1) is 15.4. The molecule has 0 aromatic carbocycles. The van der Waals surface area contributed by atoms with Crippen LogP contribution in [-0.4, -0.2) is 63.7 Å². The minimum Gasteiger partial charge on any atom is -0.396 e. The van der Waals surface area contributed by atoms with Crippen LogP contribution in [0.5, 0.6) is 0 Å². The Balaban J connectivity index is 1.45. The molecule has 4 rings (SSSR count). The van der Waals surface area contributed by atoms with E-state index in [0.29, 0.717) is 17.9 Å². The molecule has 2 unspecified atom stereocenters. The number of anilines is 1. The van der Waals surface area contributed by atoms with Crippen molar-refractivity contribution in [1.82, 2.24) is 19.9 Å². The van der Waals surface area contributed by atoms with Gasteiger partial charge in [-0.05, 0) is 30.7 Å². The number of H-pyrrole nitrogens is 1. The van der Waals surface area contributed by atoms with Gasteiger partial charge in [0.05, 0.1) is 12.0 Å². The summed E-state index contributed by atoms with van der Waals surface area (Å²) in [6.45, 7) is 1.60. The van der Waals surface area contributed by atoms with E-state index in [1.165, 1.54) is 0 Å². The Morgan fingerprint density at radius 1 is 1.38 bits per heavy atom. The summed E-state index contributed by atoms with van der Waals surface area (Å²) in [5.74, 6) is 2.17. The molecule has 3 atom stereocenters. The van der Waals surface area contributed by atoms with Crippen LogP contribution in [0.15, 0.2) is 18.6 Å². The van der Waals surface area contributed by atoms with Crippen molar-refractivity contribution >= 4 is 22.8 Å². The molecule has 1 saturated heterocycles. The van der Waals surface area contributed by atoms with Crippen molar-refractivity contribution in [3.63, 3.8) is 0 Å². The van der Waals surface area contributed by atoms with Crippen LogP contribution in [0, 0.1) is 11.8 Å². The van der Waals surface area contributed by atoms with Crippen LogP contribution in [0.3, 0.4) is 0 Å². The Morgan fingerprint density at radius 2 is 2.12 bits per heavy atom. The van der Waals surface area contributed by atoms with Crippen LogP contribution in [0.2, 0.25) is 0 Å². The number of carbonyl (C=O) groups is 1. The molecule has 0 bridgehead atoms. The van der Waals surface area contributed by atoms with Crippen LogP contribution in [0.4, 0.5) is 5.82 Å². The van der Waals surface area contributed by atoms with Crippen LogP contribution >= 0.6 is 0 Å². The van der Waals surface area contributed by atoms with E-state index in [0.717, 1.165) is 42.8 Å². The Morgan fingerprint density at radius 3 is 2.83 bits per heavy atom. The van der Waals surface area contributed by atoms with Gasteiger partial charge in [0.2, 0.25) is 5.91 Å². The van der Waals surface area contributed by atoms with E-state index >= 15 is 0 Å². The number of hydrogen-bond donors (Lipinski definition) is 2. The minimum absolute atomic E-state index is 0.0591. The lowest BCUT2D eigenvalue weighted by Gasteiger charge is -2.28. The van der Waals surface area contributed by atoms with Gasteiger partial charge < -0.3 is 19.9 Å². The molecule has 2 N–H and O–H groups in total. The number of nitrogens with one attached hydrogen (secondary N) is 1. The number of rotatable bonds is 4. The third-order valence-corrected chi connectivity index (χ3v) is 5.62. The van der Waals surface area contributed by atoms with Gasteiger partial charge in [-0.1, -0.05) is 0 Å². The van der Waals surface area contributed by atoms with Crippen molar-refractivity contribution in [2.24, 2.45) is 11.8 Å². The first-order valence-corrected chi connectivity index (χ1v) is 8.57. The number of aromatic nitrogens is 3. The SMILES string of the molecule is CN(c1ncnc2[nH]ccc12)C1CC2CN(C(=O)CCO)C[C@@H]2C1. The summed E-state index contributed by atoms with van der Waals surface area (Å²) in [6, 6.07) is 2.47. The molecule has 2 aliphatic rings. The van der Waals surface area contributed by atoms with Gasteiger partial charge in [-0.3, -0.25) is 4.79 Å². The highest BCUT2D eigenvalue weighted by Gasteiger charge is 2.43. The second-order valence-electron chi connectivity index (χ2n) is 6.97. The standard InChI is InChI=1S/C17H23N5O2/c1-21(17-14-2-4-18-16(14)19-10-20-17)13-6-11-8-22(9-12(11)7-13)15(24)3-5-23/h2,4,10-13,23H,3,5-9H2,1H3,(H,18,19,20)/t11-,12?,13?/m0/s1. The van der Waals surface area contributed by atoms with Gasteiger partial charge in [-0.25, -0.2) is 9.97 Å². The van der Waals surface area contributed by atoms with Gasteiger partial charge in [-0.15, -0.1) is 0 Å². The maximum absolute atomic E-state index is 12.0. The van der Waals surface area contributed by atoms with Crippen molar-refractivity contribution < 1.29 is 9.90 Å². The molecule has 2 aromatic rings. The van der Waals surface area contributed by atoms with Gasteiger partial charge >= 0.3 is 0 Å². The lowest BCUT2D eigenvalue weighted by atomic mass is 10.0. The molecule has 7 heteroatoms. The van der Waals surface area contributed by atoms with Crippen LogP contribution in [0.25, 0.3) is 11.0 Å². The number of aliphatic hydroxyl groups excluding tert-OH is 1. The predicted molar refractivity (Wildman–Crippen MR) is 90.6 cm³/mol. The van der Waals surface area contributed by atoms with Crippen molar-refractivity contribution in [3.05, 3.63) is 18.6 Å². The Hall–Kier alpha value is -2.15. The van der Waals surface area contributed by atoms with Gasteiger partial charge in [0, 0.05) is 38.8 Å². The predicted octanol–water partition coefficient (Wildman–Crippen LogP) is 1.01. The summed E-state index contributed by atoms with van der Waals surface area (Å²) >= 11 is 0. The average molecular weight is 329 g/mol. The maximum atomic E-state index is 12.0. The Bertz CT molecular complexity index is 731. The van der Waals surface area contributed by atoms with Crippen molar-refractivity contribution in [2.75, 3.05) is 31.6 Å². The molecule has 24 heavy (non-hydrogen) atoms. The number of fused-ring (bicyclic) bond motifs is 2. The topological polar surface area (TPSA) is 85.4 Å². The van der Waals surface area contributed by atoms with Crippen LogP contribution in [-0.2, 0) is 4.79 Å². The van der Waals surface area contributed by atoms with Gasteiger partial charge in [0.15, 0.2) is 0 Å². The summed E-state index contributed by atoms with van der Waals surface area (Å²) in [4.78, 5) is 28.0. The van der Waals surface area contributed by atoms with Gasteiger partial charge in [-0.2, -0.15) is 0 Å². The smallest absolute Gasteiger partial charge is 0.224 e. The number of hydrogen-bond acceptors (Lipinski definition) is 5. The van der Waals surface area contributed by atoms with Crippen molar-refractivity contribution in [3.8, 4) is 0 Å². The molecule has 2 fully saturated rings. The van der Waals surface area contributed by atoms with Crippen molar-refractivity contribution in [1.29, 1.82) is 0 Å². The van der Waals surface area contributed by atoms with E-state index in [4.69, 9.17) is 5.11 Å². The highest BCUT2D eigenvalue weighted by atomic mass is 16.3. The zero-order valence-corrected chi connectivity index (χ0v) is 13.9. The molecule has 7 nitrogen and oxygen atoms in total. The summed E-state index contributed by atoms with van der Waals surface area (Å²) in [6.07, 6.45) is 5.91. The normalized spacial score (nSPS) is 26.1. The van der Waals surface area contributed by atoms with Crippen LogP contribution < -0.4 is 4.90 Å². The largest absolute Gasteiger partial charge is 0.396 e. The van der Waals surface area contributed by atoms with E-state index < -0.39 is 0 Å². The van der Waals surface area contributed by atoms with E-state index in [1.54, 1.807) is 6.33 Å². The highest BCUT2D eigenvalue weighted by molar-refractivity contribution is 5.87. The van der Waals surface area contributed by atoms with Gasteiger partial charge in [0.1, 0.15) is 17.8 Å². The van der Waals surface area contributed by atoms with Crippen LogP contribution in [0.1, 0.15) is 19.3 Å². The van der Waals surface area contributed by atoms with E-state index in [9.17, 15) is 4.79 Å². The van der Waals surface area contributed by atoms with E-state index in [1.807, 2.05) is 17.2 Å². The fourth-order valence-corrected chi connectivity index (χ4v) is 4.35. The maximum Gasteiger partial charge on any atom is 0.224 e. The summed E-state index contributed by atoms with van der Waals surface area (Å²) in [7, 11) is 2.11. The van der Waals surface area contributed by atoms with E-state index in [-0.39, 0.29) is 18.9 Å². The molecular weight excluding hydrogens is 306 g/mol. The van der Waals surface area contributed by atoms with Gasteiger partial charge in [0.25, 0.3) is 0 Å². The fourth-order valence-electron chi connectivity index (χ4n) is 4.35. The number of likely N-dealkylation sites (tertiary alicyclic amines) is 1. The summed E-state index contributed by atoms with van der Waals surface area (Å²) in [5, 5.41) is 9.99. The molecule has 0 radical (unpaired) electrons.